The maximum Gasteiger partial charge on any atom is 0.337 e. The molecule has 1 saturated heterocycles. The van der Waals surface area contributed by atoms with Crippen LogP contribution in [0.1, 0.15) is 22.3 Å². The fourth-order valence-corrected chi connectivity index (χ4v) is 3.24. The summed E-state index contributed by atoms with van der Waals surface area (Å²) in [5.74, 6) is -1.05. The van der Waals surface area contributed by atoms with Crippen LogP contribution >= 0.6 is 11.6 Å². The van der Waals surface area contributed by atoms with Gasteiger partial charge in [0.2, 0.25) is 5.91 Å². The molecule has 1 heterocycles. The fourth-order valence-electron chi connectivity index (χ4n) is 3.01. The Labute approximate surface area is 162 Å². The van der Waals surface area contributed by atoms with Crippen LogP contribution in [-0.2, 0) is 20.7 Å². The number of nitrogens with zero attached hydrogens (tertiary/aromatic N) is 1. The van der Waals surface area contributed by atoms with E-state index in [0.717, 1.165) is 10.5 Å². The summed E-state index contributed by atoms with van der Waals surface area (Å²) in [4.78, 5) is 37.6. The van der Waals surface area contributed by atoms with Crippen LogP contribution in [0.2, 0.25) is 5.02 Å². The predicted molar refractivity (Wildman–Crippen MR) is 102 cm³/mol. The number of carbonyl (C=O) groups is 3. The molecule has 0 aromatic heterocycles. The van der Waals surface area contributed by atoms with Gasteiger partial charge in [-0.2, -0.15) is 0 Å². The number of ether oxygens (including phenoxy) is 1. The molecule has 2 aromatic carbocycles. The highest BCUT2D eigenvalue weighted by Crippen LogP contribution is 2.23. The van der Waals surface area contributed by atoms with Crippen LogP contribution in [0, 0.1) is 0 Å². The summed E-state index contributed by atoms with van der Waals surface area (Å²) in [5.41, 5.74) is 1.78. The van der Waals surface area contributed by atoms with E-state index in [1.807, 2.05) is 24.3 Å². The Kier molecular flexibility index (Phi) is 5.88. The molecule has 0 radical (unpaired) electrons. The van der Waals surface area contributed by atoms with Crippen molar-refractivity contribution in [3.8, 4) is 0 Å². The van der Waals surface area contributed by atoms with Gasteiger partial charge in [-0.1, -0.05) is 29.8 Å². The number of hydrogen-bond donors (Lipinski definition) is 1. The second-order valence-corrected chi connectivity index (χ2v) is 6.57. The van der Waals surface area contributed by atoms with Gasteiger partial charge in [-0.15, -0.1) is 0 Å². The molecule has 27 heavy (non-hydrogen) atoms. The van der Waals surface area contributed by atoms with Crippen molar-refractivity contribution in [1.82, 2.24) is 5.32 Å². The minimum absolute atomic E-state index is 0.0973. The number of esters is 1. The van der Waals surface area contributed by atoms with Crippen LogP contribution in [0.15, 0.2) is 48.5 Å². The molecule has 7 heteroatoms. The number of rotatable bonds is 6. The van der Waals surface area contributed by atoms with Crippen molar-refractivity contribution in [2.45, 2.75) is 18.9 Å². The predicted octanol–water partition coefficient (Wildman–Crippen LogP) is 2.59. The molecule has 3 rings (SSSR count). The van der Waals surface area contributed by atoms with E-state index in [9.17, 15) is 14.4 Å². The Morgan fingerprint density at radius 1 is 1.19 bits per heavy atom. The highest BCUT2D eigenvalue weighted by atomic mass is 35.5. The SMILES string of the molecule is COC(=O)c1ccc(N2C(=O)CC(NCCc3ccccc3Cl)C2=O)cc1. The number of halogens is 1. The summed E-state index contributed by atoms with van der Waals surface area (Å²) < 4.78 is 4.64. The quantitative estimate of drug-likeness (QED) is 0.610. The minimum atomic E-state index is -0.569. The lowest BCUT2D eigenvalue weighted by Gasteiger charge is -2.16. The monoisotopic (exact) mass is 386 g/mol. The van der Waals surface area contributed by atoms with Crippen LogP contribution in [0.3, 0.4) is 0 Å². The van der Waals surface area contributed by atoms with Gasteiger partial charge in [-0.25, -0.2) is 9.69 Å². The number of benzene rings is 2. The van der Waals surface area contributed by atoms with Gasteiger partial charge in [-0.05, 0) is 48.9 Å². The van der Waals surface area contributed by atoms with Crippen molar-refractivity contribution in [1.29, 1.82) is 0 Å². The normalized spacial score (nSPS) is 16.7. The average Bonchev–Trinajstić information content (AvgIpc) is 2.96. The van der Waals surface area contributed by atoms with E-state index in [4.69, 9.17) is 11.6 Å². The van der Waals surface area contributed by atoms with Gasteiger partial charge in [0.05, 0.1) is 30.8 Å². The molecule has 1 aliphatic heterocycles. The third-order valence-electron chi connectivity index (χ3n) is 4.44. The number of imide groups is 1. The molecule has 1 aliphatic rings. The molecule has 0 spiro atoms. The lowest BCUT2D eigenvalue weighted by molar-refractivity contribution is -0.121. The molecule has 0 bridgehead atoms. The first kappa shape index (κ1) is 19.1. The Balaban J connectivity index is 1.63. The number of amides is 2. The highest BCUT2D eigenvalue weighted by Gasteiger charge is 2.39. The van der Waals surface area contributed by atoms with E-state index in [1.165, 1.54) is 19.2 Å². The second kappa shape index (κ2) is 8.33. The zero-order valence-corrected chi connectivity index (χ0v) is 15.5. The summed E-state index contributed by atoms with van der Waals surface area (Å²) in [5, 5.41) is 3.81. The summed E-state index contributed by atoms with van der Waals surface area (Å²) in [6.45, 7) is 0.530. The topological polar surface area (TPSA) is 75.7 Å². The van der Waals surface area contributed by atoms with Gasteiger partial charge in [0.1, 0.15) is 0 Å². The van der Waals surface area contributed by atoms with Crippen LogP contribution in [0.5, 0.6) is 0 Å². The van der Waals surface area contributed by atoms with Crippen molar-refractivity contribution in [2.75, 3.05) is 18.6 Å². The molecule has 1 N–H and O–H groups in total. The first-order valence-electron chi connectivity index (χ1n) is 8.53. The molecule has 140 valence electrons. The van der Waals surface area contributed by atoms with Gasteiger partial charge in [-0.3, -0.25) is 9.59 Å². The summed E-state index contributed by atoms with van der Waals surface area (Å²) >= 11 is 6.13. The molecule has 2 aromatic rings. The van der Waals surface area contributed by atoms with Gasteiger partial charge in [0.25, 0.3) is 5.91 Å². The van der Waals surface area contributed by atoms with Gasteiger partial charge < -0.3 is 10.1 Å². The Bertz CT molecular complexity index is 867. The maximum atomic E-state index is 12.6. The molecule has 1 atom stereocenters. The number of methoxy groups -OCH3 is 1. The average molecular weight is 387 g/mol. The fraction of sp³-hybridized carbons (Fsp3) is 0.250. The van der Waals surface area contributed by atoms with Gasteiger partial charge in [0, 0.05) is 5.02 Å². The summed E-state index contributed by atoms with van der Waals surface area (Å²) in [6.07, 6.45) is 0.756. The molecule has 1 unspecified atom stereocenters. The second-order valence-electron chi connectivity index (χ2n) is 6.16. The van der Waals surface area contributed by atoms with Crippen molar-refractivity contribution in [3.05, 3.63) is 64.7 Å². The van der Waals surface area contributed by atoms with Crippen LogP contribution in [0.4, 0.5) is 5.69 Å². The Hall–Kier alpha value is -2.70. The van der Waals surface area contributed by atoms with E-state index in [1.54, 1.807) is 12.1 Å². The Morgan fingerprint density at radius 2 is 1.89 bits per heavy atom. The Morgan fingerprint density at radius 3 is 2.56 bits per heavy atom. The van der Waals surface area contributed by atoms with Crippen LogP contribution < -0.4 is 10.2 Å². The summed E-state index contributed by atoms with van der Waals surface area (Å²) in [6, 6.07) is 13.1. The van der Waals surface area contributed by atoms with E-state index < -0.39 is 12.0 Å². The number of hydrogen-bond acceptors (Lipinski definition) is 5. The highest BCUT2D eigenvalue weighted by molar-refractivity contribution is 6.31. The lowest BCUT2D eigenvalue weighted by atomic mass is 10.1. The molecule has 1 fully saturated rings. The third-order valence-corrected chi connectivity index (χ3v) is 4.80. The van der Waals surface area contributed by atoms with Crippen LogP contribution in [0.25, 0.3) is 0 Å². The third kappa shape index (κ3) is 4.18. The largest absolute Gasteiger partial charge is 0.465 e. The first-order valence-corrected chi connectivity index (χ1v) is 8.91. The van der Waals surface area contributed by atoms with Gasteiger partial charge >= 0.3 is 5.97 Å². The van der Waals surface area contributed by atoms with E-state index in [2.05, 4.69) is 10.1 Å². The summed E-state index contributed by atoms with van der Waals surface area (Å²) in [7, 11) is 1.29. The molecule has 6 nitrogen and oxygen atoms in total. The van der Waals surface area contributed by atoms with Crippen LogP contribution in [-0.4, -0.2) is 37.5 Å². The van der Waals surface area contributed by atoms with E-state index in [0.29, 0.717) is 29.2 Å². The van der Waals surface area contributed by atoms with Crippen molar-refractivity contribution < 1.29 is 19.1 Å². The van der Waals surface area contributed by atoms with E-state index in [-0.39, 0.29) is 18.2 Å². The zero-order valence-electron chi connectivity index (χ0n) is 14.8. The van der Waals surface area contributed by atoms with Gasteiger partial charge in [0.15, 0.2) is 0 Å². The molecule has 0 aliphatic carbocycles. The van der Waals surface area contributed by atoms with Crippen molar-refractivity contribution in [3.63, 3.8) is 0 Å². The molecular formula is C20H19ClN2O4. The maximum absolute atomic E-state index is 12.6. The molecule has 0 saturated carbocycles. The van der Waals surface area contributed by atoms with E-state index >= 15 is 0 Å². The molecular weight excluding hydrogens is 368 g/mol. The number of nitrogens with one attached hydrogen (secondary N) is 1. The standard InChI is InChI=1S/C20H19ClN2O4/c1-27-20(26)14-6-8-15(9-7-14)23-18(24)12-17(19(23)25)22-11-10-13-4-2-3-5-16(13)21/h2-9,17,22H,10-12H2,1H3. The minimum Gasteiger partial charge on any atom is -0.465 e. The smallest absolute Gasteiger partial charge is 0.337 e. The lowest BCUT2D eigenvalue weighted by Crippen LogP contribution is -2.39. The zero-order chi connectivity index (χ0) is 19.4. The van der Waals surface area contributed by atoms with Crippen molar-refractivity contribution in [2.24, 2.45) is 0 Å². The number of anilines is 1. The number of carbonyl (C=O) groups excluding carboxylic acids is 3. The molecule has 2 amide bonds. The van der Waals surface area contributed by atoms with Crippen molar-refractivity contribution >= 4 is 35.1 Å². The first-order chi connectivity index (χ1) is 13.0.